The summed E-state index contributed by atoms with van der Waals surface area (Å²) in [5.41, 5.74) is 7.40. The van der Waals surface area contributed by atoms with Crippen molar-refractivity contribution in [3.05, 3.63) is 35.9 Å². The molecule has 12 heavy (non-hydrogen) atoms. The Labute approximate surface area is 72.3 Å². The fourth-order valence-electron chi connectivity index (χ4n) is 0.901. The number of rotatable bonds is 3. The van der Waals surface area contributed by atoms with Gasteiger partial charge >= 0.3 is 0 Å². The van der Waals surface area contributed by atoms with Crippen LogP contribution in [0.1, 0.15) is 12.0 Å². The first kappa shape index (κ1) is 8.81. The maximum atomic E-state index is 8.52. The fraction of sp³-hybridized carbons (Fsp3) is 0.200. The van der Waals surface area contributed by atoms with Gasteiger partial charge in [0.25, 0.3) is 0 Å². The smallest absolute Gasteiger partial charge is 0.0465 e. The van der Waals surface area contributed by atoms with Crippen LogP contribution < -0.4 is 5.73 Å². The molecule has 0 atom stereocenters. The maximum Gasteiger partial charge on any atom is 0.0465 e. The van der Waals surface area contributed by atoms with E-state index in [1.807, 2.05) is 36.4 Å². The number of hydrogen-bond donors (Lipinski definition) is 2. The normalized spacial score (nSPS) is 10.8. The van der Waals surface area contributed by atoms with Crippen molar-refractivity contribution in [1.29, 1.82) is 0 Å². The van der Waals surface area contributed by atoms with Crippen LogP contribution in [0.2, 0.25) is 0 Å². The van der Waals surface area contributed by atoms with Crippen molar-refractivity contribution in [3.63, 3.8) is 0 Å². The fourth-order valence-corrected chi connectivity index (χ4v) is 0.901. The lowest BCUT2D eigenvalue weighted by molar-refractivity contribution is 0.303. The van der Waals surface area contributed by atoms with E-state index in [1.165, 1.54) is 0 Å². The van der Waals surface area contributed by atoms with Crippen molar-refractivity contribution >= 4 is 11.8 Å². The van der Waals surface area contributed by atoms with Gasteiger partial charge in [-0.05, 0) is 24.1 Å². The highest BCUT2D eigenvalue weighted by atomic mass is 16.2. The average Bonchev–Trinajstić information content (AvgIpc) is 2.09. The minimum Gasteiger partial charge on any atom is -0.399 e. The molecule has 0 aromatic heterocycles. The van der Waals surface area contributed by atoms with Crippen LogP contribution in [0.25, 0.3) is 6.08 Å². The van der Waals surface area contributed by atoms with Crippen molar-refractivity contribution in [1.82, 2.24) is 0 Å². The number of nitrogen functional groups attached to an aromatic ring is 1. The van der Waals surface area contributed by atoms with Crippen LogP contribution in [-0.2, 0) is 0 Å². The van der Waals surface area contributed by atoms with E-state index in [9.17, 15) is 0 Å². The predicted molar refractivity (Wildman–Crippen MR) is 51.6 cm³/mol. The van der Waals surface area contributed by atoms with E-state index in [0.717, 1.165) is 11.3 Å². The summed E-state index contributed by atoms with van der Waals surface area (Å²) < 4.78 is 0. The second-order valence-corrected chi connectivity index (χ2v) is 2.58. The molecule has 3 N–H and O–H groups in total. The molecular formula is C10H13NO. The lowest BCUT2D eigenvalue weighted by Crippen LogP contribution is -1.82. The first-order valence-electron chi connectivity index (χ1n) is 3.96. The Balaban J connectivity index is 2.58. The van der Waals surface area contributed by atoms with E-state index in [0.29, 0.717) is 6.42 Å². The molecule has 2 heteroatoms. The third-order valence-electron chi connectivity index (χ3n) is 1.54. The molecule has 1 rings (SSSR count). The SMILES string of the molecule is Nc1ccc(/C=C\CCO)cc1. The van der Waals surface area contributed by atoms with Gasteiger partial charge in [0.2, 0.25) is 0 Å². The number of nitrogens with two attached hydrogens (primary N) is 1. The van der Waals surface area contributed by atoms with Crippen LogP contribution in [0, 0.1) is 0 Å². The molecule has 0 unspecified atom stereocenters. The highest BCUT2D eigenvalue weighted by molar-refractivity contribution is 5.53. The molecule has 0 saturated heterocycles. The molecule has 0 aliphatic carbocycles. The molecule has 0 saturated carbocycles. The van der Waals surface area contributed by atoms with Gasteiger partial charge in [-0.15, -0.1) is 0 Å². The summed E-state index contributed by atoms with van der Waals surface area (Å²) in [5.74, 6) is 0. The van der Waals surface area contributed by atoms with Crippen LogP contribution in [-0.4, -0.2) is 11.7 Å². The molecule has 0 aliphatic rings. The number of benzene rings is 1. The Morgan fingerprint density at radius 2 is 1.92 bits per heavy atom. The number of hydrogen-bond acceptors (Lipinski definition) is 2. The summed E-state index contributed by atoms with van der Waals surface area (Å²) in [5, 5.41) is 8.52. The number of anilines is 1. The van der Waals surface area contributed by atoms with Crippen LogP contribution in [0.4, 0.5) is 5.69 Å². The zero-order valence-electron chi connectivity index (χ0n) is 6.90. The highest BCUT2D eigenvalue weighted by Crippen LogP contribution is 2.07. The lowest BCUT2D eigenvalue weighted by atomic mass is 10.2. The van der Waals surface area contributed by atoms with Gasteiger partial charge < -0.3 is 10.8 Å². The molecule has 0 radical (unpaired) electrons. The molecule has 0 aliphatic heterocycles. The van der Waals surface area contributed by atoms with E-state index in [2.05, 4.69) is 0 Å². The van der Waals surface area contributed by atoms with Crippen molar-refractivity contribution < 1.29 is 5.11 Å². The Kier molecular flexibility index (Phi) is 3.35. The Morgan fingerprint density at radius 1 is 1.25 bits per heavy atom. The van der Waals surface area contributed by atoms with Gasteiger partial charge in [-0.25, -0.2) is 0 Å². The number of aliphatic hydroxyl groups excluding tert-OH is 1. The van der Waals surface area contributed by atoms with Crippen molar-refractivity contribution in [2.45, 2.75) is 6.42 Å². The molecule has 2 nitrogen and oxygen atoms in total. The van der Waals surface area contributed by atoms with E-state index in [4.69, 9.17) is 10.8 Å². The molecule has 0 fully saturated rings. The summed E-state index contributed by atoms with van der Waals surface area (Å²) in [6.07, 6.45) is 4.60. The molecule has 0 bridgehead atoms. The summed E-state index contributed by atoms with van der Waals surface area (Å²) in [4.78, 5) is 0. The lowest BCUT2D eigenvalue weighted by Gasteiger charge is -1.93. The molecule has 1 aromatic carbocycles. The van der Waals surface area contributed by atoms with E-state index in [1.54, 1.807) is 0 Å². The van der Waals surface area contributed by atoms with Gasteiger partial charge in [0.05, 0.1) is 0 Å². The number of aliphatic hydroxyl groups is 1. The quantitative estimate of drug-likeness (QED) is 0.666. The zero-order valence-corrected chi connectivity index (χ0v) is 6.90. The van der Waals surface area contributed by atoms with Crippen LogP contribution in [0.5, 0.6) is 0 Å². The summed E-state index contributed by atoms with van der Waals surface area (Å²) >= 11 is 0. The Morgan fingerprint density at radius 3 is 2.50 bits per heavy atom. The monoisotopic (exact) mass is 163 g/mol. The predicted octanol–water partition coefficient (Wildman–Crippen LogP) is 1.66. The van der Waals surface area contributed by atoms with Crippen LogP contribution in [0.3, 0.4) is 0 Å². The molecule has 1 aromatic rings. The first-order valence-corrected chi connectivity index (χ1v) is 3.96. The largest absolute Gasteiger partial charge is 0.399 e. The van der Waals surface area contributed by atoms with E-state index >= 15 is 0 Å². The third kappa shape index (κ3) is 2.76. The molecule has 0 amide bonds. The Bertz CT molecular complexity index is 251. The molecular weight excluding hydrogens is 150 g/mol. The van der Waals surface area contributed by atoms with Crippen molar-refractivity contribution in [2.75, 3.05) is 12.3 Å². The van der Waals surface area contributed by atoms with Crippen LogP contribution in [0.15, 0.2) is 30.3 Å². The van der Waals surface area contributed by atoms with Crippen molar-refractivity contribution in [2.24, 2.45) is 0 Å². The van der Waals surface area contributed by atoms with Gasteiger partial charge in [-0.3, -0.25) is 0 Å². The molecule has 0 heterocycles. The molecule has 64 valence electrons. The van der Waals surface area contributed by atoms with Gasteiger partial charge in [0.15, 0.2) is 0 Å². The topological polar surface area (TPSA) is 46.2 Å². The summed E-state index contributed by atoms with van der Waals surface area (Å²) in [7, 11) is 0. The maximum absolute atomic E-state index is 8.52. The van der Waals surface area contributed by atoms with Gasteiger partial charge in [0.1, 0.15) is 0 Å². The Hall–Kier alpha value is -1.28. The highest BCUT2D eigenvalue weighted by Gasteiger charge is 1.85. The van der Waals surface area contributed by atoms with Crippen molar-refractivity contribution in [3.8, 4) is 0 Å². The van der Waals surface area contributed by atoms with Gasteiger partial charge in [-0.1, -0.05) is 24.3 Å². The second kappa shape index (κ2) is 4.57. The van der Waals surface area contributed by atoms with Gasteiger partial charge in [0, 0.05) is 12.3 Å². The van der Waals surface area contributed by atoms with E-state index < -0.39 is 0 Å². The first-order chi connectivity index (χ1) is 5.83. The standard InChI is InChI=1S/C10H13NO/c11-10-6-4-9(5-7-10)3-1-2-8-12/h1,3-7,12H,2,8,11H2/b3-1-. The molecule has 0 spiro atoms. The minimum atomic E-state index is 0.200. The second-order valence-electron chi connectivity index (χ2n) is 2.58. The summed E-state index contributed by atoms with van der Waals surface area (Å²) in [6.45, 7) is 0.200. The third-order valence-corrected chi connectivity index (χ3v) is 1.54. The minimum absolute atomic E-state index is 0.200. The van der Waals surface area contributed by atoms with Crippen LogP contribution >= 0.6 is 0 Å². The average molecular weight is 163 g/mol. The summed E-state index contributed by atoms with van der Waals surface area (Å²) in [6, 6.07) is 7.61. The van der Waals surface area contributed by atoms with Gasteiger partial charge in [-0.2, -0.15) is 0 Å². The van der Waals surface area contributed by atoms with E-state index in [-0.39, 0.29) is 6.61 Å². The zero-order chi connectivity index (χ0) is 8.81.